The highest BCUT2D eigenvalue weighted by molar-refractivity contribution is 6.18. The summed E-state index contributed by atoms with van der Waals surface area (Å²) in [5.74, 6) is 0.693. The summed E-state index contributed by atoms with van der Waals surface area (Å²) in [6.07, 6.45) is -1.01. The second-order valence-corrected chi connectivity index (χ2v) is 10.2. The van der Waals surface area contributed by atoms with Crippen LogP contribution in [0.25, 0.3) is 60.9 Å². The van der Waals surface area contributed by atoms with Crippen molar-refractivity contribution in [1.29, 1.82) is 0 Å². The molecule has 0 fully saturated rings. The Kier molecular flexibility index (Phi) is 5.12. The maximum absolute atomic E-state index is 10.9. The topological polar surface area (TPSA) is 34.4 Å². The third kappa shape index (κ3) is 3.42. The molecule has 0 radical (unpaired) electrons. The SMILES string of the molecule is OC1Oc2cc3c4ccccc4n(-c4cccc(-c5ccccc5)c4)c3c(-c3ccccc3)c2-c2ccccc21. The molecule has 1 atom stereocenters. The Balaban J connectivity index is 1.55. The van der Waals surface area contributed by atoms with Gasteiger partial charge in [-0.05, 0) is 46.5 Å². The van der Waals surface area contributed by atoms with Gasteiger partial charge in [0.1, 0.15) is 5.75 Å². The molecule has 1 aliphatic heterocycles. The molecular formula is C37H25NO2. The average molecular weight is 516 g/mol. The average Bonchev–Trinajstić information content (AvgIpc) is 3.35. The zero-order chi connectivity index (χ0) is 26.6. The molecule has 190 valence electrons. The Morgan fingerprint density at radius 1 is 0.550 bits per heavy atom. The third-order valence-electron chi connectivity index (χ3n) is 7.93. The number of para-hydroxylation sites is 1. The fourth-order valence-electron chi connectivity index (χ4n) is 6.20. The lowest BCUT2D eigenvalue weighted by atomic mass is 9.87. The summed E-state index contributed by atoms with van der Waals surface area (Å²) in [5, 5.41) is 13.2. The van der Waals surface area contributed by atoms with Gasteiger partial charge in [-0.15, -0.1) is 0 Å². The molecular weight excluding hydrogens is 490 g/mol. The van der Waals surface area contributed by atoms with Crippen LogP contribution < -0.4 is 4.74 Å². The Hall–Kier alpha value is -5.12. The van der Waals surface area contributed by atoms with E-state index in [4.69, 9.17) is 4.74 Å². The molecule has 1 aromatic heterocycles. The summed E-state index contributed by atoms with van der Waals surface area (Å²) >= 11 is 0. The van der Waals surface area contributed by atoms with Crippen molar-refractivity contribution in [2.24, 2.45) is 0 Å². The van der Waals surface area contributed by atoms with Crippen LogP contribution in [-0.2, 0) is 0 Å². The van der Waals surface area contributed by atoms with E-state index in [1.165, 1.54) is 11.1 Å². The van der Waals surface area contributed by atoms with E-state index in [1.807, 2.05) is 30.3 Å². The van der Waals surface area contributed by atoms with Gasteiger partial charge in [0.05, 0.1) is 11.0 Å². The van der Waals surface area contributed by atoms with Gasteiger partial charge in [0, 0.05) is 33.2 Å². The van der Waals surface area contributed by atoms with Gasteiger partial charge in [-0.25, -0.2) is 0 Å². The van der Waals surface area contributed by atoms with Crippen LogP contribution in [0.15, 0.2) is 140 Å². The molecule has 0 bridgehead atoms. The van der Waals surface area contributed by atoms with Crippen LogP contribution in [-0.4, -0.2) is 9.67 Å². The molecule has 0 spiro atoms. The lowest BCUT2D eigenvalue weighted by molar-refractivity contribution is -0.0211. The number of hydrogen-bond acceptors (Lipinski definition) is 2. The Morgan fingerprint density at radius 3 is 2.05 bits per heavy atom. The maximum Gasteiger partial charge on any atom is 0.224 e. The number of aromatic nitrogens is 1. The second kappa shape index (κ2) is 8.98. The first-order valence-electron chi connectivity index (χ1n) is 13.5. The van der Waals surface area contributed by atoms with E-state index >= 15 is 0 Å². The Labute approximate surface area is 232 Å². The molecule has 0 amide bonds. The van der Waals surface area contributed by atoms with E-state index in [9.17, 15) is 5.11 Å². The van der Waals surface area contributed by atoms with Crippen molar-refractivity contribution < 1.29 is 9.84 Å². The molecule has 3 nitrogen and oxygen atoms in total. The first-order valence-corrected chi connectivity index (χ1v) is 13.5. The first kappa shape index (κ1) is 22.8. The number of ether oxygens (including phenoxy) is 1. The number of aliphatic hydroxyl groups excluding tert-OH is 1. The molecule has 3 heteroatoms. The maximum atomic E-state index is 10.9. The highest BCUT2D eigenvalue weighted by Gasteiger charge is 2.30. The van der Waals surface area contributed by atoms with E-state index in [0.29, 0.717) is 5.75 Å². The number of benzene rings is 6. The van der Waals surface area contributed by atoms with Gasteiger partial charge < -0.3 is 14.4 Å². The van der Waals surface area contributed by atoms with Crippen LogP contribution in [0.4, 0.5) is 0 Å². The zero-order valence-corrected chi connectivity index (χ0v) is 21.7. The number of rotatable bonds is 3. The molecule has 0 saturated heterocycles. The largest absolute Gasteiger partial charge is 0.460 e. The zero-order valence-electron chi connectivity index (χ0n) is 21.7. The van der Waals surface area contributed by atoms with Gasteiger partial charge >= 0.3 is 0 Å². The van der Waals surface area contributed by atoms with E-state index in [1.54, 1.807) is 0 Å². The quantitative estimate of drug-likeness (QED) is 0.255. The van der Waals surface area contributed by atoms with Crippen LogP contribution in [0.5, 0.6) is 5.75 Å². The summed E-state index contributed by atoms with van der Waals surface area (Å²) < 4.78 is 8.60. The highest BCUT2D eigenvalue weighted by atomic mass is 16.6. The van der Waals surface area contributed by atoms with E-state index in [0.717, 1.165) is 55.3 Å². The lowest BCUT2D eigenvalue weighted by Crippen LogP contribution is -2.14. The summed E-state index contributed by atoms with van der Waals surface area (Å²) in [6, 6.07) is 48.4. The molecule has 1 N–H and O–H groups in total. The van der Waals surface area contributed by atoms with Crippen LogP contribution in [0.3, 0.4) is 0 Å². The lowest BCUT2D eigenvalue weighted by Gasteiger charge is -2.28. The highest BCUT2D eigenvalue weighted by Crippen LogP contribution is 2.52. The number of aliphatic hydroxyl groups is 1. The molecule has 1 aliphatic rings. The molecule has 8 rings (SSSR count). The van der Waals surface area contributed by atoms with Gasteiger partial charge in [-0.1, -0.05) is 115 Å². The van der Waals surface area contributed by atoms with Gasteiger partial charge in [0.2, 0.25) is 6.29 Å². The van der Waals surface area contributed by atoms with Crippen molar-refractivity contribution in [3.63, 3.8) is 0 Å². The predicted molar refractivity (Wildman–Crippen MR) is 163 cm³/mol. The minimum atomic E-state index is -1.01. The van der Waals surface area contributed by atoms with Crippen molar-refractivity contribution in [1.82, 2.24) is 4.57 Å². The second-order valence-electron chi connectivity index (χ2n) is 10.2. The van der Waals surface area contributed by atoms with Crippen LogP contribution in [0.2, 0.25) is 0 Å². The number of fused-ring (bicyclic) bond motifs is 6. The van der Waals surface area contributed by atoms with Crippen LogP contribution in [0, 0.1) is 0 Å². The normalized spacial score (nSPS) is 14.1. The van der Waals surface area contributed by atoms with Crippen molar-refractivity contribution in [2.75, 3.05) is 0 Å². The number of hydrogen-bond donors (Lipinski definition) is 1. The minimum Gasteiger partial charge on any atom is -0.460 e. The van der Waals surface area contributed by atoms with Gasteiger partial charge in [-0.3, -0.25) is 0 Å². The summed E-state index contributed by atoms with van der Waals surface area (Å²) in [4.78, 5) is 0. The Bertz CT molecular complexity index is 2040. The first-order chi connectivity index (χ1) is 19.8. The van der Waals surface area contributed by atoms with E-state index in [-0.39, 0.29) is 0 Å². The third-order valence-corrected chi connectivity index (χ3v) is 7.93. The van der Waals surface area contributed by atoms with Gasteiger partial charge in [-0.2, -0.15) is 0 Å². The van der Waals surface area contributed by atoms with Crippen LogP contribution in [0.1, 0.15) is 11.9 Å². The Morgan fingerprint density at radius 2 is 1.23 bits per heavy atom. The summed E-state index contributed by atoms with van der Waals surface area (Å²) in [6.45, 7) is 0. The molecule has 0 aliphatic carbocycles. The summed E-state index contributed by atoms with van der Waals surface area (Å²) in [7, 11) is 0. The van der Waals surface area contributed by atoms with Crippen LogP contribution >= 0.6 is 0 Å². The smallest absolute Gasteiger partial charge is 0.224 e. The van der Waals surface area contributed by atoms with Gasteiger partial charge in [0.15, 0.2) is 0 Å². The van der Waals surface area contributed by atoms with Crippen molar-refractivity contribution in [3.05, 3.63) is 145 Å². The predicted octanol–water partition coefficient (Wildman–Crippen LogP) is 9.17. The molecule has 40 heavy (non-hydrogen) atoms. The molecule has 2 heterocycles. The minimum absolute atomic E-state index is 0.693. The van der Waals surface area contributed by atoms with Gasteiger partial charge in [0.25, 0.3) is 0 Å². The van der Waals surface area contributed by atoms with E-state index in [2.05, 4.69) is 114 Å². The fraction of sp³-hybridized carbons (Fsp3) is 0.0270. The van der Waals surface area contributed by atoms with E-state index < -0.39 is 6.29 Å². The number of nitrogens with zero attached hydrogens (tertiary/aromatic N) is 1. The summed E-state index contributed by atoms with van der Waals surface area (Å²) in [5.41, 5.74) is 10.6. The molecule has 1 unspecified atom stereocenters. The standard InChI is InChI=1S/C37H25NO2/c39-37-30-20-8-7-19-29(30)35-33(40-37)23-31-28-18-9-10-21-32(28)38(36(31)34(35)25-14-5-2-6-15-25)27-17-11-16-26(22-27)24-12-3-1-4-13-24/h1-23,37,39H. The molecule has 6 aromatic carbocycles. The van der Waals surface area contributed by atoms with Crippen molar-refractivity contribution in [3.8, 4) is 44.8 Å². The molecule has 7 aromatic rings. The van der Waals surface area contributed by atoms with Crippen molar-refractivity contribution >= 4 is 21.8 Å². The fourth-order valence-corrected chi connectivity index (χ4v) is 6.20. The molecule has 0 saturated carbocycles. The van der Waals surface area contributed by atoms with Crippen molar-refractivity contribution in [2.45, 2.75) is 6.29 Å². The monoisotopic (exact) mass is 515 g/mol.